The number of carbonyl (C=O) groups excluding carboxylic acids is 2. The van der Waals surface area contributed by atoms with Crippen molar-refractivity contribution >= 4 is 25.6 Å². The first-order valence-electron chi connectivity index (χ1n) is 8.88. The van der Waals surface area contributed by atoms with Crippen LogP contribution in [0.4, 0.5) is 0 Å². The predicted molar refractivity (Wildman–Crippen MR) is 102 cm³/mol. The molecule has 0 saturated carbocycles. The van der Waals surface area contributed by atoms with Crippen molar-refractivity contribution in [1.82, 2.24) is 0 Å². The largest absolute Gasteiger partial charge is 0.465 e. The van der Waals surface area contributed by atoms with Gasteiger partial charge in [-0.3, -0.25) is 9.59 Å². The highest BCUT2D eigenvalue weighted by Gasteiger charge is 2.52. The second-order valence-electron chi connectivity index (χ2n) is 7.57. The van der Waals surface area contributed by atoms with E-state index in [1.165, 1.54) is 0 Å². The first kappa shape index (κ1) is 19.4. The molecule has 0 atom stereocenters. The molecule has 1 aliphatic carbocycles. The maximum Gasteiger partial charge on any atom is 0.324 e. The minimum absolute atomic E-state index is 0.245. The van der Waals surface area contributed by atoms with E-state index in [-0.39, 0.29) is 13.2 Å². The molecule has 0 fully saturated rings. The summed E-state index contributed by atoms with van der Waals surface area (Å²) in [6.07, 6.45) is 0.663. The maximum atomic E-state index is 12.8. The zero-order valence-electron chi connectivity index (χ0n) is 15.8. The Morgan fingerprint density at radius 1 is 1.04 bits per heavy atom. The standard InChI is InChI=1S/C20H28O4Si/c1-6-23-18(21)20(19(22)24-7-2)12-15-10-8-9-11-17(15)16(13-20)14-25(3,4)5/h8-11,14H,6-7,12-13H2,1-5H3/b16-14+. The fourth-order valence-electron chi connectivity index (χ4n) is 3.36. The third-order valence-corrected chi connectivity index (χ3v) is 5.50. The van der Waals surface area contributed by atoms with Gasteiger partial charge in [-0.25, -0.2) is 0 Å². The van der Waals surface area contributed by atoms with Crippen molar-refractivity contribution < 1.29 is 19.1 Å². The van der Waals surface area contributed by atoms with Crippen molar-refractivity contribution in [2.45, 2.75) is 46.3 Å². The van der Waals surface area contributed by atoms with Crippen molar-refractivity contribution in [2.75, 3.05) is 13.2 Å². The fraction of sp³-hybridized carbons (Fsp3) is 0.500. The number of hydrogen-bond donors (Lipinski definition) is 0. The van der Waals surface area contributed by atoms with Crippen LogP contribution in [0.3, 0.4) is 0 Å². The Morgan fingerprint density at radius 2 is 1.60 bits per heavy atom. The van der Waals surface area contributed by atoms with Gasteiger partial charge in [-0.2, -0.15) is 0 Å². The smallest absolute Gasteiger partial charge is 0.324 e. The minimum atomic E-state index is -1.55. The first-order valence-corrected chi connectivity index (χ1v) is 12.5. The van der Waals surface area contributed by atoms with Crippen LogP contribution in [0.25, 0.3) is 5.57 Å². The summed E-state index contributed by atoms with van der Waals surface area (Å²) in [6, 6.07) is 8.00. The summed E-state index contributed by atoms with van der Waals surface area (Å²) < 4.78 is 10.6. The monoisotopic (exact) mass is 360 g/mol. The van der Waals surface area contributed by atoms with E-state index in [1.807, 2.05) is 18.2 Å². The second-order valence-corrected chi connectivity index (χ2v) is 12.6. The van der Waals surface area contributed by atoms with E-state index >= 15 is 0 Å². The molecule has 5 heteroatoms. The minimum Gasteiger partial charge on any atom is -0.465 e. The van der Waals surface area contributed by atoms with E-state index in [9.17, 15) is 9.59 Å². The van der Waals surface area contributed by atoms with E-state index in [2.05, 4.69) is 31.4 Å². The van der Waals surface area contributed by atoms with E-state index in [0.29, 0.717) is 12.8 Å². The quantitative estimate of drug-likeness (QED) is 0.452. The van der Waals surface area contributed by atoms with E-state index in [1.54, 1.807) is 13.8 Å². The molecule has 0 aliphatic heterocycles. The van der Waals surface area contributed by atoms with Crippen LogP contribution >= 0.6 is 0 Å². The molecule has 136 valence electrons. The Bertz CT molecular complexity index is 667. The van der Waals surface area contributed by atoms with Gasteiger partial charge in [-0.1, -0.05) is 49.6 Å². The van der Waals surface area contributed by atoms with Gasteiger partial charge in [0, 0.05) is 6.42 Å². The molecule has 0 unspecified atom stereocenters. The normalized spacial score (nSPS) is 17.7. The number of esters is 2. The summed E-state index contributed by atoms with van der Waals surface area (Å²) in [5.74, 6) is -0.964. The Hall–Kier alpha value is -1.88. The van der Waals surface area contributed by atoms with Crippen LogP contribution in [0.5, 0.6) is 0 Å². The summed E-state index contributed by atoms with van der Waals surface area (Å²) in [6.45, 7) is 10.7. The van der Waals surface area contributed by atoms with Crippen molar-refractivity contribution in [3.05, 3.63) is 41.1 Å². The van der Waals surface area contributed by atoms with Crippen LogP contribution in [0.15, 0.2) is 30.0 Å². The Kier molecular flexibility index (Phi) is 5.88. The SMILES string of the molecule is CCOC(=O)C1(C(=O)OCC)C/C(=C\[Si](C)(C)C)c2ccccc2C1. The van der Waals surface area contributed by atoms with Crippen LogP contribution in [0.2, 0.25) is 19.6 Å². The van der Waals surface area contributed by atoms with Gasteiger partial charge in [-0.05, 0) is 37.0 Å². The second kappa shape index (κ2) is 7.56. The number of rotatable bonds is 5. The zero-order chi connectivity index (χ0) is 18.7. The Morgan fingerprint density at radius 3 is 2.12 bits per heavy atom. The molecule has 0 radical (unpaired) electrons. The van der Waals surface area contributed by atoms with Crippen molar-refractivity contribution in [1.29, 1.82) is 0 Å². The molecule has 0 N–H and O–H groups in total. The van der Waals surface area contributed by atoms with Gasteiger partial charge in [0.2, 0.25) is 0 Å². The lowest BCUT2D eigenvalue weighted by atomic mass is 9.69. The molecule has 25 heavy (non-hydrogen) atoms. The highest BCUT2D eigenvalue weighted by atomic mass is 28.3. The highest BCUT2D eigenvalue weighted by Crippen LogP contribution is 2.44. The van der Waals surface area contributed by atoms with Gasteiger partial charge in [0.1, 0.15) is 0 Å². The summed E-state index contributed by atoms with van der Waals surface area (Å²) in [4.78, 5) is 25.6. The van der Waals surface area contributed by atoms with Crippen LogP contribution < -0.4 is 0 Å². The third-order valence-electron chi connectivity index (χ3n) is 4.29. The van der Waals surface area contributed by atoms with Gasteiger partial charge >= 0.3 is 11.9 Å². The van der Waals surface area contributed by atoms with Crippen molar-refractivity contribution in [2.24, 2.45) is 5.41 Å². The average molecular weight is 361 g/mol. The summed E-state index contributed by atoms with van der Waals surface area (Å²) in [7, 11) is -1.55. The summed E-state index contributed by atoms with van der Waals surface area (Å²) >= 11 is 0. The lowest BCUT2D eigenvalue weighted by molar-refractivity contribution is -0.172. The highest BCUT2D eigenvalue weighted by molar-refractivity contribution is 6.81. The number of ether oxygens (including phenoxy) is 2. The first-order chi connectivity index (χ1) is 11.7. The van der Waals surface area contributed by atoms with Gasteiger partial charge in [0.05, 0.1) is 21.3 Å². The molecule has 1 aromatic rings. The molecule has 4 nitrogen and oxygen atoms in total. The summed E-state index contributed by atoms with van der Waals surface area (Å²) in [5, 5.41) is 0. The molecule has 0 spiro atoms. The molecule has 1 aliphatic rings. The third kappa shape index (κ3) is 4.21. The van der Waals surface area contributed by atoms with E-state index in [0.717, 1.165) is 16.7 Å². The Labute approximate surface area is 151 Å². The molecule has 0 bridgehead atoms. The summed E-state index contributed by atoms with van der Waals surface area (Å²) in [5.41, 5.74) is 4.18. The van der Waals surface area contributed by atoms with Crippen LogP contribution in [0, 0.1) is 5.41 Å². The topological polar surface area (TPSA) is 52.6 Å². The average Bonchev–Trinajstić information content (AvgIpc) is 2.53. The van der Waals surface area contributed by atoms with Gasteiger partial charge < -0.3 is 9.47 Å². The number of fused-ring (bicyclic) bond motifs is 1. The maximum absolute atomic E-state index is 12.8. The molecule has 0 saturated heterocycles. The zero-order valence-corrected chi connectivity index (χ0v) is 16.8. The molecule has 1 aromatic carbocycles. The molecular formula is C20H28O4Si. The molecular weight excluding hydrogens is 332 g/mol. The van der Waals surface area contributed by atoms with Crippen LogP contribution in [-0.4, -0.2) is 33.2 Å². The molecule has 0 amide bonds. The van der Waals surface area contributed by atoms with Gasteiger partial charge in [0.25, 0.3) is 0 Å². The fourth-order valence-corrected chi connectivity index (χ4v) is 4.66. The number of benzene rings is 1. The number of hydrogen-bond acceptors (Lipinski definition) is 4. The van der Waals surface area contributed by atoms with Gasteiger partial charge in [0.15, 0.2) is 5.41 Å². The molecule has 0 heterocycles. The van der Waals surface area contributed by atoms with E-state index in [4.69, 9.17) is 9.47 Å². The lowest BCUT2D eigenvalue weighted by Crippen LogP contribution is -2.46. The lowest BCUT2D eigenvalue weighted by Gasteiger charge is -2.36. The Balaban J connectivity index is 2.61. The van der Waals surface area contributed by atoms with Crippen LogP contribution in [0.1, 0.15) is 31.4 Å². The molecule has 2 rings (SSSR count). The predicted octanol–water partition coefficient (Wildman–Crippen LogP) is 4.01. The number of allylic oxidation sites excluding steroid dienone is 1. The van der Waals surface area contributed by atoms with Crippen molar-refractivity contribution in [3.63, 3.8) is 0 Å². The van der Waals surface area contributed by atoms with Gasteiger partial charge in [-0.15, -0.1) is 0 Å². The van der Waals surface area contributed by atoms with Crippen molar-refractivity contribution in [3.8, 4) is 0 Å². The van der Waals surface area contributed by atoms with Crippen LogP contribution in [-0.2, 0) is 25.5 Å². The van der Waals surface area contributed by atoms with E-state index < -0.39 is 25.4 Å². The number of carbonyl (C=O) groups is 2. The molecule has 0 aromatic heterocycles.